The summed E-state index contributed by atoms with van der Waals surface area (Å²) in [6.07, 6.45) is 1.34. The van der Waals surface area contributed by atoms with Crippen molar-refractivity contribution < 1.29 is 9.90 Å². The number of hydrogen-bond acceptors (Lipinski definition) is 4. The van der Waals surface area contributed by atoms with Gasteiger partial charge in [0.05, 0.1) is 17.7 Å². The summed E-state index contributed by atoms with van der Waals surface area (Å²) in [6.45, 7) is -0.185. The Morgan fingerprint density at radius 3 is 2.50 bits per heavy atom. The summed E-state index contributed by atoms with van der Waals surface area (Å²) >= 11 is 0. The molecule has 1 amide bonds. The number of anilines is 1. The summed E-state index contributed by atoms with van der Waals surface area (Å²) in [6, 6.07) is 17.1. The van der Waals surface area contributed by atoms with Crippen molar-refractivity contribution in [2.75, 3.05) is 5.32 Å². The van der Waals surface area contributed by atoms with Crippen LogP contribution in [0.3, 0.4) is 0 Å². The second-order valence-electron chi connectivity index (χ2n) is 5.17. The van der Waals surface area contributed by atoms with Gasteiger partial charge in [-0.1, -0.05) is 42.5 Å². The number of hydrogen-bond donors (Lipinski definition) is 2. The molecular weight excluding hydrogens is 306 g/mol. The van der Waals surface area contributed by atoms with Crippen molar-refractivity contribution in [3.63, 3.8) is 0 Å². The van der Waals surface area contributed by atoms with Crippen LogP contribution >= 0.6 is 0 Å². The summed E-state index contributed by atoms with van der Waals surface area (Å²) in [5.41, 5.74) is 1.36. The average molecular weight is 321 g/mol. The summed E-state index contributed by atoms with van der Waals surface area (Å²) in [4.78, 5) is 28.4. The van der Waals surface area contributed by atoms with Gasteiger partial charge in [0.15, 0.2) is 0 Å². The zero-order valence-corrected chi connectivity index (χ0v) is 12.7. The van der Waals surface area contributed by atoms with Crippen LogP contribution in [0.25, 0.3) is 11.3 Å². The van der Waals surface area contributed by atoms with E-state index in [0.717, 1.165) is 5.56 Å². The summed E-state index contributed by atoms with van der Waals surface area (Å²) < 4.78 is 1.21. The Kier molecular flexibility index (Phi) is 4.38. The van der Waals surface area contributed by atoms with E-state index >= 15 is 0 Å². The number of phenolic OH excluding ortho intramolecular Hbond substituents is 1. The molecule has 0 unspecified atom stereocenters. The van der Waals surface area contributed by atoms with Crippen LogP contribution in [0.5, 0.6) is 5.75 Å². The number of amides is 1. The normalized spacial score (nSPS) is 10.3. The van der Waals surface area contributed by atoms with Crippen molar-refractivity contribution in [3.8, 4) is 17.0 Å². The molecular formula is C18H15N3O3. The highest BCUT2D eigenvalue weighted by Gasteiger charge is 2.09. The van der Waals surface area contributed by atoms with E-state index in [2.05, 4.69) is 10.3 Å². The van der Waals surface area contributed by atoms with Crippen LogP contribution < -0.4 is 10.9 Å². The number of carbonyl (C=O) groups excluding carboxylic acids is 1. The molecule has 6 nitrogen and oxygen atoms in total. The van der Waals surface area contributed by atoms with E-state index in [1.165, 1.54) is 23.0 Å². The average Bonchev–Trinajstić information content (AvgIpc) is 2.59. The Morgan fingerprint density at radius 1 is 1.08 bits per heavy atom. The maximum Gasteiger partial charge on any atom is 0.254 e. The predicted octanol–water partition coefficient (Wildman–Crippen LogP) is 2.25. The van der Waals surface area contributed by atoms with E-state index in [9.17, 15) is 14.7 Å². The second kappa shape index (κ2) is 6.78. The van der Waals surface area contributed by atoms with Crippen LogP contribution in [0.15, 0.2) is 71.8 Å². The van der Waals surface area contributed by atoms with Crippen LogP contribution in [-0.4, -0.2) is 20.6 Å². The molecule has 0 aliphatic carbocycles. The summed E-state index contributed by atoms with van der Waals surface area (Å²) in [5, 5.41) is 12.2. The number of nitrogens with zero attached hydrogens (tertiary/aromatic N) is 2. The minimum atomic E-state index is -0.423. The van der Waals surface area contributed by atoms with Gasteiger partial charge in [-0.2, -0.15) is 0 Å². The van der Waals surface area contributed by atoms with Crippen LogP contribution in [0.1, 0.15) is 0 Å². The first-order valence-corrected chi connectivity index (χ1v) is 7.33. The van der Waals surface area contributed by atoms with Crippen molar-refractivity contribution in [1.29, 1.82) is 0 Å². The van der Waals surface area contributed by atoms with Gasteiger partial charge in [0.25, 0.3) is 5.56 Å². The molecule has 0 saturated heterocycles. The van der Waals surface area contributed by atoms with Crippen LogP contribution in [0.4, 0.5) is 5.69 Å². The maximum absolute atomic E-state index is 12.2. The first kappa shape index (κ1) is 15.5. The third-order valence-corrected chi connectivity index (χ3v) is 3.44. The Hall–Kier alpha value is -3.41. The standard InChI is InChI=1S/C18H15N3O3/c22-16-9-5-4-8-14(16)20-17(23)11-21-12-19-15(10-18(21)24)13-6-2-1-3-7-13/h1-10,12,22H,11H2,(H,20,23). The lowest BCUT2D eigenvalue weighted by Crippen LogP contribution is -2.27. The molecule has 1 aromatic heterocycles. The smallest absolute Gasteiger partial charge is 0.254 e. The summed E-state index contributed by atoms with van der Waals surface area (Å²) in [7, 11) is 0. The number of carbonyl (C=O) groups is 1. The number of nitrogens with one attached hydrogen (secondary N) is 1. The second-order valence-corrected chi connectivity index (χ2v) is 5.17. The Morgan fingerprint density at radius 2 is 1.79 bits per heavy atom. The van der Waals surface area contributed by atoms with E-state index in [0.29, 0.717) is 11.4 Å². The fourth-order valence-electron chi connectivity index (χ4n) is 2.24. The maximum atomic E-state index is 12.2. The van der Waals surface area contributed by atoms with E-state index in [-0.39, 0.29) is 17.9 Å². The summed E-state index contributed by atoms with van der Waals surface area (Å²) in [5.74, 6) is -0.455. The number of phenols is 1. The third-order valence-electron chi connectivity index (χ3n) is 3.44. The lowest BCUT2D eigenvalue weighted by Gasteiger charge is -2.09. The lowest BCUT2D eigenvalue weighted by molar-refractivity contribution is -0.116. The van der Waals surface area contributed by atoms with E-state index in [1.54, 1.807) is 18.2 Å². The third kappa shape index (κ3) is 3.49. The van der Waals surface area contributed by atoms with Crippen LogP contribution in [0, 0.1) is 0 Å². The van der Waals surface area contributed by atoms with E-state index in [4.69, 9.17) is 0 Å². The molecule has 0 atom stereocenters. The predicted molar refractivity (Wildman–Crippen MR) is 90.7 cm³/mol. The highest BCUT2D eigenvalue weighted by Crippen LogP contribution is 2.21. The van der Waals surface area contributed by atoms with Gasteiger partial charge in [-0.25, -0.2) is 4.98 Å². The van der Waals surface area contributed by atoms with Gasteiger partial charge >= 0.3 is 0 Å². The SMILES string of the molecule is O=C(Cn1cnc(-c2ccccc2)cc1=O)Nc1ccccc1O. The number of para-hydroxylation sites is 2. The van der Waals surface area contributed by atoms with Gasteiger partial charge in [-0.15, -0.1) is 0 Å². The van der Waals surface area contributed by atoms with Gasteiger partial charge < -0.3 is 10.4 Å². The fourth-order valence-corrected chi connectivity index (χ4v) is 2.24. The molecule has 0 spiro atoms. The molecule has 2 aromatic carbocycles. The van der Waals surface area contributed by atoms with Gasteiger partial charge in [-0.3, -0.25) is 14.2 Å². The first-order chi connectivity index (χ1) is 11.6. The zero-order chi connectivity index (χ0) is 16.9. The van der Waals surface area contributed by atoms with Crippen molar-refractivity contribution in [3.05, 3.63) is 77.3 Å². The van der Waals surface area contributed by atoms with Gasteiger partial charge in [0, 0.05) is 11.6 Å². The molecule has 0 aliphatic rings. The molecule has 0 aliphatic heterocycles. The molecule has 120 valence electrons. The molecule has 0 radical (unpaired) electrons. The molecule has 24 heavy (non-hydrogen) atoms. The number of benzene rings is 2. The van der Waals surface area contributed by atoms with Crippen LogP contribution in [0.2, 0.25) is 0 Å². The van der Waals surface area contributed by atoms with Gasteiger partial charge in [-0.05, 0) is 12.1 Å². The van der Waals surface area contributed by atoms with Gasteiger partial charge in [0.1, 0.15) is 12.3 Å². The zero-order valence-electron chi connectivity index (χ0n) is 12.7. The highest BCUT2D eigenvalue weighted by molar-refractivity contribution is 5.92. The molecule has 0 bridgehead atoms. The van der Waals surface area contributed by atoms with E-state index in [1.807, 2.05) is 30.3 Å². The van der Waals surface area contributed by atoms with Crippen LogP contribution in [-0.2, 0) is 11.3 Å². The molecule has 6 heteroatoms. The monoisotopic (exact) mass is 321 g/mol. The van der Waals surface area contributed by atoms with E-state index < -0.39 is 5.91 Å². The molecule has 0 saturated carbocycles. The topological polar surface area (TPSA) is 84.2 Å². The van der Waals surface area contributed by atoms with Crippen molar-refractivity contribution >= 4 is 11.6 Å². The quantitative estimate of drug-likeness (QED) is 0.722. The largest absolute Gasteiger partial charge is 0.506 e. The molecule has 2 N–H and O–H groups in total. The molecule has 3 aromatic rings. The Balaban J connectivity index is 1.75. The molecule has 0 fully saturated rings. The first-order valence-electron chi connectivity index (χ1n) is 7.33. The Labute approximate surface area is 138 Å². The minimum Gasteiger partial charge on any atom is -0.506 e. The van der Waals surface area contributed by atoms with Crippen molar-refractivity contribution in [2.45, 2.75) is 6.54 Å². The molecule has 1 heterocycles. The number of aromatic nitrogens is 2. The number of rotatable bonds is 4. The lowest BCUT2D eigenvalue weighted by atomic mass is 10.1. The van der Waals surface area contributed by atoms with Crippen molar-refractivity contribution in [1.82, 2.24) is 9.55 Å². The minimum absolute atomic E-state index is 0.0317. The Bertz CT molecular complexity index is 920. The molecule has 3 rings (SSSR count). The number of aromatic hydroxyl groups is 1. The fraction of sp³-hybridized carbons (Fsp3) is 0.0556. The van der Waals surface area contributed by atoms with Gasteiger partial charge in [0.2, 0.25) is 5.91 Å². The highest BCUT2D eigenvalue weighted by atomic mass is 16.3. The van der Waals surface area contributed by atoms with Crippen molar-refractivity contribution in [2.24, 2.45) is 0 Å².